The predicted molar refractivity (Wildman–Crippen MR) is 124 cm³/mol. The van der Waals surface area contributed by atoms with Gasteiger partial charge in [-0.3, -0.25) is 0 Å². The summed E-state index contributed by atoms with van der Waals surface area (Å²) in [6.07, 6.45) is 3.68. The number of nitrogens with zero attached hydrogens (tertiary/aromatic N) is 1. The molecule has 170 valence electrons. The van der Waals surface area contributed by atoms with Crippen molar-refractivity contribution in [1.82, 2.24) is 4.31 Å². The molecule has 0 aromatic heterocycles. The number of rotatable bonds is 14. The Labute approximate surface area is 186 Å². The molecule has 0 amide bonds. The Hall–Kier alpha value is -2.35. The second-order valence-electron chi connectivity index (χ2n) is 7.36. The molecular weight excluding hydrogens is 414 g/mol. The van der Waals surface area contributed by atoms with Gasteiger partial charge in [0.15, 0.2) is 0 Å². The lowest BCUT2D eigenvalue weighted by molar-refractivity contribution is 0.281. The van der Waals surface area contributed by atoms with Crippen LogP contribution in [0, 0.1) is 0 Å². The topological polar surface area (TPSA) is 76.1 Å². The van der Waals surface area contributed by atoms with Crippen LogP contribution >= 0.6 is 0 Å². The summed E-state index contributed by atoms with van der Waals surface area (Å²) in [5, 5.41) is 8.69. The molecule has 0 fully saturated rings. The van der Waals surface area contributed by atoms with Gasteiger partial charge in [0, 0.05) is 19.7 Å². The lowest BCUT2D eigenvalue weighted by atomic mass is 10.1. The second-order valence-corrected chi connectivity index (χ2v) is 9.58. The third kappa shape index (κ3) is 7.38. The Kier molecular flexibility index (Phi) is 10.0. The number of ether oxygens (including phenoxy) is 2. The zero-order chi connectivity index (χ0) is 22.7. The SMILES string of the molecule is C=CCC[C@@H](CCCO)S(=O)(=O)N(Cc1ccc(OC)cc1)Cc1ccc(OC)cc1. The molecule has 0 aliphatic rings. The third-order valence-electron chi connectivity index (χ3n) is 5.19. The molecule has 0 bridgehead atoms. The number of benzene rings is 2. The van der Waals surface area contributed by atoms with Gasteiger partial charge in [0.1, 0.15) is 11.5 Å². The van der Waals surface area contributed by atoms with Crippen molar-refractivity contribution in [2.75, 3.05) is 20.8 Å². The first-order chi connectivity index (χ1) is 14.9. The molecule has 0 unspecified atom stereocenters. The van der Waals surface area contributed by atoms with Crippen molar-refractivity contribution in [3.05, 3.63) is 72.3 Å². The summed E-state index contributed by atoms with van der Waals surface area (Å²) in [4.78, 5) is 0. The van der Waals surface area contributed by atoms with Gasteiger partial charge in [0.25, 0.3) is 0 Å². The van der Waals surface area contributed by atoms with E-state index in [4.69, 9.17) is 9.47 Å². The van der Waals surface area contributed by atoms with Gasteiger partial charge in [-0.15, -0.1) is 6.58 Å². The summed E-state index contributed by atoms with van der Waals surface area (Å²) in [7, 11) is -0.427. The lowest BCUT2D eigenvalue weighted by Crippen LogP contribution is -2.38. The summed E-state index contributed by atoms with van der Waals surface area (Å²) in [5.74, 6) is 1.44. The van der Waals surface area contributed by atoms with E-state index >= 15 is 0 Å². The number of hydrogen-bond acceptors (Lipinski definition) is 5. The lowest BCUT2D eigenvalue weighted by Gasteiger charge is -2.28. The first-order valence-corrected chi connectivity index (χ1v) is 11.9. The maximum atomic E-state index is 13.7. The highest BCUT2D eigenvalue weighted by atomic mass is 32.2. The van der Waals surface area contributed by atoms with Gasteiger partial charge in [0.05, 0.1) is 19.5 Å². The minimum atomic E-state index is -3.62. The Bertz CT molecular complexity index is 845. The van der Waals surface area contributed by atoms with E-state index in [9.17, 15) is 13.5 Å². The average Bonchev–Trinajstić information content (AvgIpc) is 2.79. The standard InChI is InChI=1S/C24H33NO5S/c1-4-5-7-24(8-6-17-26)31(27,28)25(18-20-9-13-22(29-2)14-10-20)19-21-11-15-23(30-3)16-12-21/h4,9-16,24,26H,1,5-8,17-19H2,2-3H3/t24-/m0/s1. The number of hydrogen-bond donors (Lipinski definition) is 1. The molecule has 1 atom stereocenters. The molecule has 31 heavy (non-hydrogen) atoms. The van der Waals surface area contributed by atoms with Crippen molar-refractivity contribution in [1.29, 1.82) is 0 Å². The van der Waals surface area contributed by atoms with Crippen LogP contribution in [0.2, 0.25) is 0 Å². The molecule has 2 rings (SSSR count). The van der Waals surface area contributed by atoms with Crippen LogP contribution in [0.3, 0.4) is 0 Å². The molecule has 0 aliphatic heterocycles. The van der Waals surface area contributed by atoms with Crippen LogP contribution in [-0.4, -0.2) is 43.9 Å². The van der Waals surface area contributed by atoms with E-state index in [1.807, 2.05) is 48.5 Å². The van der Waals surface area contributed by atoms with E-state index in [0.717, 1.165) is 22.6 Å². The van der Waals surface area contributed by atoms with Gasteiger partial charge in [0.2, 0.25) is 10.0 Å². The maximum absolute atomic E-state index is 13.7. The smallest absolute Gasteiger partial charge is 0.217 e. The van der Waals surface area contributed by atoms with Crippen LogP contribution in [0.5, 0.6) is 11.5 Å². The van der Waals surface area contributed by atoms with Gasteiger partial charge in [-0.2, -0.15) is 4.31 Å². The van der Waals surface area contributed by atoms with Gasteiger partial charge < -0.3 is 14.6 Å². The summed E-state index contributed by atoms with van der Waals surface area (Å²) in [6.45, 7) is 4.20. The van der Waals surface area contributed by atoms with E-state index in [1.54, 1.807) is 20.3 Å². The molecule has 0 radical (unpaired) electrons. The summed E-state index contributed by atoms with van der Waals surface area (Å²) in [5.41, 5.74) is 1.75. The third-order valence-corrected chi connectivity index (χ3v) is 7.49. The summed E-state index contributed by atoms with van der Waals surface area (Å²) in [6, 6.07) is 14.8. The van der Waals surface area contributed by atoms with Crippen LogP contribution in [0.25, 0.3) is 0 Å². The fourth-order valence-corrected chi connectivity index (χ4v) is 5.36. The Morgan fingerprint density at radius 2 is 1.42 bits per heavy atom. The molecular formula is C24H33NO5S. The van der Waals surface area contributed by atoms with E-state index in [2.05, 4.69) is 6.58 Å². The number of allylic oxidation sites excluding steroid dienone is 1. The zero-order valence-corrected chi connectivity index (χ0v) is 19.2. The molecule has 0 spiro atoms. The molecule has 7 heteroatoms. The molecule has 0 aliphatic carbocycles. The number of methoxy groups -OCH3 is 2. The van der Waals surface area contributed by atoms with Crippen LogP contribution in [0.4, 0.5) is 0 Å². The molecule has 6 nitrogen and oxygen atoms in total. The predicted octanol–water partition coefficient (Wildman–Crippen LogP) is 4.14. The molecule has 0 heterocycles. The maximum Gasteiger partial charge on any atom is 0.217 e. The Balaban J connectivity index is 2.34. The quantitative estimate of drug-likeness (QED) is 0.441. The Morgan fingerprint density at radius 3 is 1.81 bits per heavy atom. The first kappa shape index (κ1) is 24.9. The van der Waals surface area contributed by atoms with Gasteiger partial charge >= 0.3 is 0 Å². The molecule has 2 aromatic carbocycles. The molecule has 0 saturated heterocycles. The highest BCUT2D eigenvalue weighted by molar-refractivity contribution is 7.89. The molecule has 1 N–H and O–H groups in total. The minimum Gasteiger partial charge on any atom is -0.497 e. The van der Waals surface area contributed by atoms with E-state index in [-0.39, 0.29) is 19.7 Å². The number of aliphatic hydroxyl groups excluding tert-OH is 1. The van der Waals surface area contributed by atoms with Crippen molar-refractivity contribution in [3.8, 4) is 11.5 Å². The fourth-order valence-electron chi connectivity index (χ4n) is 3.38. The van der Waals surface area contributed by atoms with Crippen molar-refractivity contribution in [2.24, 2.45) is 0 Å². The fraction of sp³-hybridized carbons (Fsp3) is 0.417. The largest absolute Gasteiger partial charge is 0.497 e. The van der Waals surface area contributed by atoms with Crippen molar-refractivity contribution in [2.45, 2.75) is 44.0 Å². The highest BCUT2D eigenvalue weighted by Crippen LogP contribution is 2.25. The van der Waals surface area contributed by atoms with Crippen molar-refractivity contribution >= 4 is 10.0 Å². The summed E-state index contributed by atoms with van der Waals surface area (Å²) >= 11 is 0. The van der Waals surface area contributed by atoms with Crippen LogP contribution in [0.15, 0.2) is 61.2 Å². The van der Waals surface area contributed by atoms with E-state index in [1.165, 1.54) is 4.31 Å². The number of sulfonamides is 1. The zero-order valence-electron chi connectivity index (χ0n) is 18.4. The normalized spacial score (nSPS) is 12.5. The Morgan fingerprint density at radius 1 is 0.935 bits per heavy atom. The van der Waals surface area contributed by atoms with Crippen LogP contribution < -0.4 is 9.47 Å². The monoisotopic (exact) mass is 447 g/mol. The van der Waals surface area contributed by atoms with Crippen molar-refractivity contribution in [3.63, 3.8) is 0 Å². The molecule has 0 saturated carbocycles. The van der Waals surface area contributed by atoms with E-state index in [0.29, 0.717) is 25.7 Å². The minimum absolute atomic E-state index is 0.0307. The average molecular weight is 448 g/mol. The van der Waals surface area contributed by atoms with Crippen LogP contribution in [-0.2, 0) is 23.1 Å². The second kappa shape index (κ2) is 12.5. The van der Waals surface area contributed by atoms with Crippen molar-refractivity contribution < 1.29 is 23.0 Å². The summed E-state index contributed by atoms with van der Waals surface area (Å²) < 4.78 is 39.3. The van der Waals surface area contributed by atoms with Gasteiger partial charge in [-0.1, -0.05) is 30.3 Å². The van der Waals surface area contributed by atoms with Gasteiger partial charge in [-0.05, 0) is 61.1 Å². The van der Waals surface area contributed by atoms with Crippen LogP contribution in [0.1, 0.15) is 36.8 Å². The first-order valence-electron chi connectivity index (χ1n) is 10.4. The van der Waals surface area contributed by atoms with E-state index < -0.39 is 15.3 Å². The highest BCUT2D eigenvalue weighted by Gasteiger charge is 2.31. The molecule has 2 aromatic rings. The number of aliphatic hydroxyl groups is 1. The van der Waals surface area contributed by atoms with Gasteiger partial charge in [-0.25, -0.2) is 8.42 Å².